The number of nitrogens with zero attached hydrogens (tertiary/aromatic N) is 1. The predicted molar refractivity (Wildman–Crippen MR) is 89.7 cm³/mol. The first kappa shape index (κ1) is 18.4. The molecule has 0 aliphatic rings. The van der Waals surface area contributed by atoms with Crippen LogP contribution in [0.2, 0.25) is 5.02 Å². The minimum atomic E-state index is -2.83. The molecule has 1 atom stereocenters. The highest BCUT2D eigenvalue weighted by atomic mass is 35.5. The van der Waals surface area contributed by atoms with Gasteiger partial charge in [0, 0.05) is 13.3 Å². The normalized spacial score (nSPS) is 12.2. The first-order chi connectivity index (χ1) is 11.5. The quantitative estimate of drug-likeness (QED) is 0.719. The molecule has 0 spiro atoms. The van der Waals surface area contributed by atoms with Crippen LogP contribution >= 0.6 is 11.6 Å². The molecule has 2 rings (SSSR count). The van der Waals surface area contributed by atoms with Gasteiger partial charge >= 0.3 is 6.61 Å². The zero-order valence-corrected chi connectivity index (χ0v) is 14.2. The lowest BCUT2D eigenvalue weighted by molar-refractivity contribution is -0.0498. The number of alkyl halides is 2. The zero-order chi connectivity index (χ0) is 17.5. The summed E-state index contributed by atoms with van der Waals surface area (Å²) < 4.78 is 33.9. The molecule has 1 N–H and O–H groups in total. The van der Waals surface area contributed by atoms with Gasteiger partial charge in [-0.05, 0) is 30.2 Å². The minimum absolute atomic E-state index is 0.0269. The van der Waals surface area contributed by atoms with E-state index in [1.807, 2.05) is 6.92 Å². The topological polar surface area (TPSA) is 43.4 Å². The van der Waals surface area contributed by atoms with E-state index < -0.39 is 6.61 Å². The lowest BCUT2D eigenvalue weighted by Gasteiger charge is -2.20. The van der Waals surface area contributed by atoms with E-state index in [4.69, 9.17) is 16.3 Å². The first-order valence-electron chi connectivity index (χ1n) is 7.48. The number of aromatic nitrogens is 1. The number of methoxy groups -OCH3 is 1. The Bertz CT molecular complexity index is 654. The number of anilines is 1. The van der Waals surface area contributed by atoms with Crippen LogP contribution in [-0.2, 0) is 11.3 Å². The van der Waals surface area contributed by atoms with Crippen molar-refractivity contribution in [3.05, 3.63) is 52.8 Å². The Morgan fingerprint density at radius 3 is 2.50 bits per heavy atom. The summed E-state index contributed by atoms with van der Waals surface area (Å²) in [4.78, 5) is 4.19. The van der Waals surface area contributed by atoms with E-state index in [1.165, 1.54) is 12.1 Å². The molecule has 0 aliphatic heterocycles. The largest absolute Gasteiger partial charge is 0.435 e. The van der Waals surface area contributed by atoms with E-state index in [-0.39, 0.29) is 11.8 Å². The van der Waals surface area contributed by atoms with Crippen molar-refractivity contribution in [2.75, 3.05) is 12.4 Å². The molecule has 130 valence electrons. The van der Waals surface area contributed by atoms with E-state index in [0.29, 0.717) is 17.3 Å². The van der Waals surface area contributed by atoms with Crippen molar-refractivity contribution >= 4 is 17.3 Å². The summed E-state index contributed by atoms with van der Waals surface area (Å²) in [5, 5.41) is 3.87. The molecule has 1 aromatic carbocycles. The van der Waals surface area contributed by atoms with E-state index in [2.05, 4.69) is 15.0 Å². The van der Waals surface area contributed by atoms with Crippen molar-refractivity contribution in [3.63, 3.8) is 0 Å². The van der Waals surface area contributed by atoms with Gasteiger partial charge in [-0.1, -0.05) is 30.7 Å². The summed E-state index contributed by atoms with van der Waals surface area (Å²) in [7, 11) is 1.58. The second-order valence-corrected chi connectivity index (χ2v) is 5.48. The van der Waals surface area contributed by atoms with Crippen LogP contribution in [-0.4, -0.2) is 18.7 Å². The Morgan fingerprint density at radius 2 is 1.92 bits per heavy atom. The summed E-state index contributed by atoms with van der Waals surface area (Å²) in [6.07, 6.45) is 2.45. The fraction of sp³-hybridized carbons (Fsp3) is 0.353. The molecular formula is C17H19ClF2N2O2. The van der Waals surface area contributed by atoms with Gasteiger partial charge in [0.05, 0.1) is 29.1 Å². The summed E-state index contributed by atoms with van der Waals surface area (Å²) in [5.41, 5.74) is 2.35. The van der Waals surface area contributed by atoms with Crippen LogP contribution in [0.15, 0.2) is 36.5 Å². The number of benzene rings is 1. The maximum Gasteiger partial charge on any atom is 0.387 e. The lowest BCUT2D eigenvalue weighted by atomic mass is 10.0. The predicted octanol–water partition coefficient (Wildman–Crippen LogP) is 5.05. The highest BCUT2D eigenvalue weighted by Crippen LogP contribution is 2.30. The SMILES string of the molecule is CCC(Nc1ccnc(COC)c1Cl)c1ccc(OC(F)F)cc1. The molecule has 1 aromatic heterocycles. The fourth-order valence-corrected chi connectivity index (χ4v) is 2.55. The van der Waals surface area contributed by atoms with Gasteiger partial charge in [0.25, 0.3) is 0 Å². The number of nitrogens with one attached hydrogen (secondary N) is 1. The maximum absolute atomic E-state index is 12.2. The Labute approximate surface area is 144 Å². The Balaban J connectivity index is 2.16. The van der Waals surface area contributed by atoms with Crippen LogP contribution in [0.3, 0.4) is 0 Å². The molecule has 0 aliphatic carbocycles. The zero-order valence-electron chi connectivity index (χ0n) is 13.4. The average Bonchev–Trinajstić information content (AvgIpc) is 2.56. The van der Waals surface area contributed by atoms with Crippen LogP contribution < -0.4 is 10.1 Å². The summed E-state index contributed by atoms with van der Waals surface area (Å²) in [6, 6.07) is 8.32. The number of hydrogen-bond acceptors (Lipinski definition) is 4. The second kappa shape index (κ2) is 8.80. The third kappa shape index (κ3) is 4.79. The number of ether oxygens (including phenoxy) is 2. The molecule has 0 bridgehead atoms. The molecule has 0 amide bonds. The van der Waals surface area contributed by atoms with Crippen LogP contribution in [0.1, 0.15) is 30.6 Å². The van der Waals surface area contributed by atoms with Crippen molar-refractivity contribution in [1.82, 2.24) is 4.98 Å². The van der Waals surface area contributed by atoms with E-state index in [1.54, 1.807) is 31.5 Å². The molecule has 1 unspecified atom stereocenters. The van der Waals surface area contributed by atoms with Gasteiger partial charge < -0.3 is 14.8 Å². The molecule has 4 nitrogen and oxygen atoms in total. The van der Waals surface area contributed by atoms with Gasteiger partial charge in [-0.3, -0.25) is 4.98 Å². The van der Waals surface area contributed by atoms with Crippen LogP contribution in [0, 0.1) is 0 Å². The molecule has 24 heavy (non-hydrogen) atoms. The van der Waals surface area contributed by atoms with Crippen LogP contribution in [0.25, 0.3) is 0 Å². The molecule has 1 heterocycles. The highest BCUT2D eigenvalue weighted by molar-refractivity contribution is 6.33. The number of rotatable bonds is 8. The second-order valence-electron chi connectivity index (χ2n) is 5.10. The van der Waals surface area contributed by atoms with E-state index in [9.17, 15) is 8.78 Å². The van der Waals surface area contributed by atoms with E-state index >= 15 is 0 Å². The van der Waals surface area contributed by atoms with Gasteiger partial charge in [-0.2, -0.15) is 8.78 Å². The number of hydrogen-bond donors (Lipinski definition) is 1. The van der Waals surface area contributed by atoms with Crippen molar-refractivity contribution in [2.24, 2.45) is 0 Å². The van der Waals surface area contributed by atoms with Crippen LogP contribution in [0.5, 0.6) is 5.75 Å². The highest BCUT2D eigenvalue weighted by Gasteiger charge is 2.14. The van der Waals surface area contributed by atoms with Gasteiger partial charge in [0.1, 0.15) is 5.75 Å². The summed E-state index contributed by atoms with van der Waals surface area (Å²) in [6.45, 7) is -0.484. The summed E-state index contributed by atoms with van der Waals surface area (Å²) in [5.74, 6) is 0.132. The monoisotopic (exact) mass is 356 g/mol. The molecular weight excluding hydrogens is 338 g/mol. The molecule has 7 heteroatoms. The van der Waals surface area contributed by atoms with Crippen molar-refractivity contribution in [3.8, 4) is 5.75 Å². The smallest absolute Gasteiger partial charge is 0.387 e. The van der Waals surface area contributed by atoms with E-state index in [0.717, 1.165) is 17.7 Å². The Morgan fingerprint density at radius 1 is 1.21 bits per heavy atom. The lowest BCUT2D eigenvalue weighted by Crippen LogP contribution is -2.11. The van der Waals surface area contributed by atoms with Gasteiger partial charge in [0.2, 0.25) is 0 Å². The van der Waals surface area contributed by atoms with Gasteiger partial charge in [-0.25, -0.2) is 0 Å². The van der Waals surface area contributed by atoms with Crippen molar-refractivity contribution in [2.45, 2.75) is 32.6 Å². The standard InChI is InChI=1S/C17H19ClF2N2O2/c1-3-13(11-4-6-12(7-5-11)24-17(19)20)22-14-8-9-21-15(10-23-2)16(14)18/h4-9,13,17H,3,10H2,1-2H3,(H,21,22). The van der Waals surface area contributed by atoms with Gasteiger partial charge in [0.15, 0.2) is 0 Å². The third-order valence-corrected chi connectivity index (χ3v) is 3.91. The van der Waals surface area contributed by atoms with Crippen molar-refractivity contribution < 1.29 is 18.3 Å². The summed E-state index contributed by atoms with van der Waals surface area (Å²) >= 11 is 6.35. The minimum Gasteiger partial charge on any atom is -0.435 e. The molecule has 0 saturated carbocycles. The number of halogens is 3. The molecule has 2 aromatic rings. The van der Waals surface area contributed by atoms with Gasteiger partial charge in [-0.15, -0.1) is 0 Å². The maximum atomic E-state index is 12.2. The van der Waals surface area contributed by atoms with Crippen molar-refractivity contribution in [1.29, 1.82) is 0 Å². The molecule has 0 saturated heterocycles. The molecule has 0 fully saturated rings. The fourth-order valence-electron chi connectivity index (χ4n) is 2.33. The van der Waals surface area contributed by atoms with Crippen LogP contribution in [0.4, 0.5) is 14.5 Å². The number of pyridine rings is 1. The first-order valence-corrected chi connectivity index (χ1v) is 7.86. The Hall–Kier alpha value is -1.92. The average molecular weight is 357 g/mol. The Kier molecular flexibility index (Phi) is 6.75. The molecule has 0 radical (unpaired) electrons. The third-order valence-electron chi connectivity index (χ3n) is 3.49.